The van der Waals surface area contributed by atoms with E-state index in [4.69, 9.17) is 0 Å². The third-order valence-electron chi connectivity index (χ3n) is 2.84. The van der Waals surface area contributed by atoms with Gasteiger partial charge in [0.05, 0.1) is 10.9 Å². The number of rotatable bonds is 5. The lowest BCUT2D eigenvalue weighted by molar-refractivity contribution is -0.305. The van der Waals surface area contributed by atoms with Crippen molar-refractivity contribution in [3.8, 4) is 0 Å². The van der Waals surface area contributed by atoms with Crippen molar-refractivity contribution >= 4 is 22.8 Å². The van der Waals surface area contributed by atoms with Crippen LogP contribution in [0.2, 0.25) is 0 Å². The fourth-order valence-corrected chi connectivity index (χ4v) is 1.85. The second-order valence-electron chi connectivity index (χ2n) is 4.34. The highest BCUT2D eigenvalue weighted by Gasteiger charge is 2.10. The number of aromatic amines is 1. The Kier molecular flexibility index (Phi) is 4.17. The molecule has 2 N–H and O–H groups in total. The number of para-hydroxylation sites is 1. The summed E-state index contributed by atoms with van der Waals surface area (Å²) in [6.45, 7) is -0.604. The molecule has 0 aliphatic carbocycles. The van der Waals surface area contributed by atoms with Gasteiger partial charge in [-0.1, -0.05) is 12.1 Å². The molecule has 21 heavy (non-hydrogen) atoms. The number of nitrogens with zero attached hydrogens (tertiary/aromatic N) is 1. The molecule has 0 atom stereocenters. The summed E-state index contributed by atoms with van der Waals surface area (Å²) in [6.07, 6.45) is -0.339. The molecule has 1 amide bonds. The summed E-state index contributed by atoms with van der Waals surface area (Å²) >= 11 is 0. The van der Waals surface area contributed by atoms with Crippen LogP contribution in [0.4, 0.5) is 0 Å². The number of benzene rings is 1. The average Bonchev–Trinajstić information content (AvgIpc) is 2.43. The molecule has 0 aliphatic rings. The van der Waals surface area contributed by atoms with E-state index in [0.29, 0.717) is 10.9 Å². The van der Waals surface area contributed by atoms with Crippen LogP contribution in [0.15, 0.2) is 33.9 Å². The summed E-state index contributed by atoms with van der Waals surface area (Å²) in [6, 6.07) is 6.45. The highest BCUT2D eigenvalue weighted by molar-refractivity contribution is 5.79. The van der Waals surface area contributed by atoms with Gasteiger partial charge >= 0.3 is 5.69 Å². The van der Waals surface area contributed by atoms with E-state index in [2.05, 4.69) is 10.3 Å². The molecule has 8 nitrogen and oxygen atoms in total. The summed E-state index contributed by atoms with van der Waals surface area (Å²) in [7, 11) is 0. The van der Waals surface area contributed by atoms with Gasteiger partial charge in [0.25, 0.3) is 5.56 Å². The molecule has 0 bridgehead atoms. The van der Waals surface area contributed by atoms with Gasteiger partial charge < -0.3 is 20.2 Å². The molecule has 0 saturated heterocycles. The van der Waals surface area contributed by atoms with Crippen molar-refractivity contribution in [2.24, 2.45) is 0 Å². The van der Waals surface area contributed by atoms with Gasteiger partial charge in [-0.15, -0.1) is 0 Å². The van der Waals surface area contributed by atoms with Crippen molar-refractivity contribution in [2.45, 2.75) is 13.0 Å². The highest BCUT2D eigenvalue weighted by Crippen LogP contribution is 2.02. The van der Waals surface area contributed by atoms with Crippen molar-refractivity contribution in [1.29, 1.82) is 0 Å². The van der Waals surface area contributed by atoms with Gasteiger partial charge in [0.1, 0.15) is 6.54 Å². The molecule has 1 heterocycles. The number of fused-ring (bicyclic) bond motifs is 1. The second kappa shape index (κ2) is 6.04. The Morgan fingerprint density at radius 2 is 1.95 bits per heavy atom. The summed E-state index contributed by atoms with van der Waals surface area (Å²) in [5.41, 5.74) is -0.890. The van der Waals surface area contributed by atoms with Gasteiger partial charge in [0, 0.05) is 18.9 Å². The quantitative estimate of drug-likeness (QED) is 0.655. The van der Waals surface area contributed by atoms with E-state index >= 15 is 0 Å². The first kappa shape index (κ1) is 14.5. The number of aliphatic carboxylic acids is 1. The highest BCUT2D eigenvalue weighted by atomic mass is 16.4. The Labute approximate surface area is 118 Å². The first-order chi connectivity index (χ1) is 9.99. The molecule has 0 fully saturated rings. The maximum atomic E-state index is 12.1. The minimum absolute atomic E-state index is 0.124. The third kappa shape index (κ3) is 3.35. The summed E-state index contributed by atoms with van der Waals surface area (Å²) in [5, 5.41) is 12.8. The second-order valence-corrected chi connectivity index (χ2v) is 4.34. The Bertz CT molecular complexity index is 805. The van der Waals surface area contributed by atoms with Crippen LogP contribution in [-0.2, 0) is 16.1 Å². The molecule has 1 aromatic heterocycles. The molecule has 0 aliphatic heterocycles. The number of H-pyrrole nitrogens is 1. The van der Waals surface area contributed by atoms with Crippen LogP contribution in [-0.4, -0.2) is 28.0 Å². The number of nitrogens with one attached hydrogen (secondary N) is 2. The van der Waals surface area contributed by atoms with Gasteiger partial charge in [0.15, 0.2) is 0 Å². The van der Waals surface area contributed by atoms with Gasteiger partial charge in [-0.2, -0.15) is 0 Å². The van der Waals surface area contributed by atoms with Crippen LogP contribution < -0.4 is 21.7 Å². The number of hydrogen-bond donors (Lipinski definition) is 2. The number of carbonyl (C=O) groups excluding carboxylic acids is 2. The van der Waals surface area contributed by atoms with Crippen molar-refractivity contribution in [2.75, 3.05) is 6.54 Å². The largest absolute Gasteiger partial charge is 0.550 e. The Balaban J connectivity index is 2.22. The van der Waals surface area contributed by atoms with Gasteiger partial charge in [0.2, 0.25) is 5.91 Å². The predicted octanol–water partition coefficient (Wildman–Crippen LogP) is -2.05. The zero-order valence-electron chi connectivity index (χ0n) is 10.9. The molecular formula is C13H12N3O5-. The molecule has 8 heteroatoms. The van der Waals surface area contributed by atoms with Crippen LogP contribution in [0.5, 0.6) is 0 Å². The van der Waals surface area contributed by atoms with Crippen LogP contribution in [0.3, 0.4) is 0 Å². The van der Waals surface area contributed by atoms with Crippen molar-refractivity contribution in [1.82, 2.24) is 14.9 Å². The minimum Gasteiger partial charge on any atom is -0.550 e. The van der Waals surface area contributed by atoms with E-state index in [1.807, 2.05) is 0 Å². The van der Waals surface area contributed by atoms with Crippen LogP contribution in [0, 0.1) is 0 Å². The molecule has 0 unspecified atom stereocenters. The van der Waals surface area contributed by atoms with Crippen molar-refractivity contribution < 1.29 is 14.7 Å². The number of carboxylic acids is 1. The molecule has 0 spiro atoms. The SMILES string of the molecule is O=C([O-])CCNC(=O)Cn1c(=O)[nH]c2ccccc2c1=O. The summed E-state index contributed by atoms with van der Waals surface area (Å²) < 4.78 is 0.761. The molecule has 2 rings (SSSR count). The third-order valence-corrected chi connectivity index (χ3v) is 2.84. The van der Waals surface area contributed by atoms with Crippen LogP contribution >= 0.6 is 0 Å². The topological polar surface area (TPSA) is 124 Å². The number of carboxylic acid groups (broad SMARTS) is 1. The lowest BCUT2D eigenvalue weighted by Gasteiger charge is -2.08. The predicted molar refractivity (Wildman–Crippen MR) is 71.5 cm³/mol. The maximum Gasteiger partial charge on any atom is 0.329 e. The van der Waals surface area contributed by atoms with Gasteiger partial charge in [-0.25, -0.2) is 4.79 Å². The van der Waals surface area contributed by atoms with Crippen molar-refractivity contribution in [3.63, 3.8) is 0 Å². The molecule has 110 valence electrons. The zero-order valence-corrected chi connectivity index (χ0v) is 10.9. The molecule has 0 saturated carbocycles. The fourth-order valence-electron chi connectivity index (χ4n) is 1.85. The average molecular weight is 290 g/mol. The van der Waals surface area contributed by atoms with Gasteiger partial charge in [-0.05, 0) is 12.1 Å². The summed E-state index contributed by atoms with van der Waals surface area (Å²) in [4.78, 5) is 48.2. The normalized spacial score (nSPS) is 10.5. The fraction of sp³-hybridized carbons (Fsp3) is 0.231. The Morgan fingerprint density at radius 1 is 1.24 bits per heavy atom. The van der Waals surface area contributed by atoms with Crippen LogP contribution in [0.25, 0.3) is 10.9 Å². The Morgan fingerprint density at radius 3 is 2.67 bits per heavy atom. The number of hydrogen-bond acceptors (Lipinski definition) is 5. The monoisotopic (exact) mass is 290 g/mol. The smallest absolute Gasteiger partial charge is 0.329 e. The molecule has 2 aromatic rings. The number of amides is 1. The van der Waals surface area contributed by atoms with E-state index in [1.165, 1.54) is 6.07 Å². The number of carbonyl (C=O) groups is 2. The standard InChI is InChI=1S/C13H13N3O5/c17-10(14-6-5-11(18)19)7-16-12(20)8-3-1-2-4-9(8)15-13(16)21/h1-4H,5-7H2,(H,14,17)(H,15,21)(H,18,19)/p-1. The molecule has 1 aromatic carbocycles. The van der Waals surface area contributed by atoms with E-state index in [-0.39, 0.29) is 13.0 Å². The van der Waals surface area contributed by atoms with E-state index in [0.717, 1.165) is 4.57 Å². The van der Waals surface area contributed by atoms with E-state index in [1.54, 1.807) is 18.2 Å². The van der Waals surface area contributed by atoms with Crippen LogP contribution in [0.1, 0.15) is 6.42 Å². The zero-order chi connectivity index (χ0) is 15.4. The number of aromatic nitrogens is 2. The molecule has 0 radical (unpaired) electrons. The first-order valence-corrected chi connectivity index (χ1v) is 6.17. The summed E-state index contributed by atoms with van der Waals surface area (Å²) in [5.74, 6) is -1.92. The van der Waals surface area contributed by atoms with E-state index in [9.17, 15) is 24.3 Å². The van der Waals surface area contributed by atoms with Gasteiger partial charge in [-0.3, -0.25) is 14.2 Å². The lowest BCUT2D eigenvalue weighted by Crippen LogP contribution is -2.41. The lowest BCUT2D eigenvalue weighted by atomic mass is 10.2. The van der Waals surface area contributed by atoms with E-state index < -0.39 is 29.7 Å². The molecular weight excluding hydrogens is 278 g/mol. The minimum atomic E-state index is -1.30. The van der Waals surface area contributed by atoms with Crippen molar-refractivity contribution in [3.05, 3.63) is 45.1 Å². The maximum absolute atomic E-state index is 12.1. The Hall–Kier alpha value is -2.90. The first-order valence-electron chi connectivity index (χ1n) is 6.17.